The predicted molar refractivity (Wildman–Crippen MR) is 91.6 cm³/mol. The largest absolute Gasteiger partial charge is 0.323 e. The summed E-state index contributed by atoms with van der Waals surface area (Å²) in [6.45, 7) is 3.33. The van der Waals surface area contributed by atoms with Gasteiger partial charge in [0.15, 0.2) is 0 Å². The molecule has 128 valence electrons. The summed E-state index contributed by atoms with van der Waals surface area (Å²) in [5.41, 5.74) is 4.40. The second-order valence-corrected chi connectivity index (χ2v) is 5.19. The lowest BCUT2D eigenvalue weighted by Crippen LogP contribution is -2.42. The number of hydrogen-bond donors (Lipinski definition) is 3. The summed E-state index contributed by atoms with van der Waals surface area (Å²) in [6.07, 6.45) is 1.09. The van der Waals surface area contributed by atoms with Crippen LogP contribution in [-0.2, 0) is 4.79 Å². The molecule has 0 aliphatic carbocycles. The van der Waals surface area contributed by atoms with E-state index < -0.39 is 23.5 Å². The maximum Gasteiger partial charge on any atom is 0.274 e. The second-order valence-electron chi connectivity index (χ2n) is 4.78. The lowest BCUT2D eigenvalue weighted by molar-refractivity contribution is -0.111. The summed E-state index contributed by atoms with van der Waals surface area (Å²) in [7, 11) is 0. The van der Waals surface area contributed by atoms with Gasteiger partial charge in [-0.2, -0.15) is 0 Å². The molecule has 0 unspecified atom stereocenters. The molecule has 0 heterocycles. The zero-order valence-corrected chi connectivity index (χ0v) is 13.6. The highest BCUT2D eigenvalue weighted by atomic mass is 35.5. The second kappa shape index (κ2) is 8.07. The molecule has 0 atom stereocenters. The highest BCUT2D eigenvalue weighted by Gasteiger charge is 2.16. The number of carbonyl (C=O) groups excluding carboxylic acids is 3. The molecule has 0 aliphatic rings. The summed E-state index contributed by atoms with van der Waals surface area (Å²) in [5, 5.41) is 2.42. The van der Waals surface area contributed by atoms with Gasteiger partial charge in [-0.3, -0.25) is 25.2 Å². The van der Waals surface area contributed by atoms with Gasteiger partial charge in [-0.05, 0) is 36.4 Å². The zero-order chi connectivity index (χ0) is 18.4. The summed E-state index contributed by atoms with van der Waals surface area (Å²) in [4.78, 5) is 35.3. The number of hydrazine groups is 1. The van der Waals surface area contributed by atoms with Crippen LogP contribution in [0.15, 0.2) is 55.1 Å². The summed E-state index contributed by atoms with van der Waals surface area (Å²) < 4.78 is 13.6. The first-order valence-corrected chi connectivity index (χ1v) is 7.38. The molecule has 0 spiro atoms. The Morgan fingerprint density at radius 3 is 2.40 bits per heavy atom. The van der Waals surface area contributed by atoms with Crippen LogP contribution in [0.1, 0.15) is 20.7 Å². The summed E-state index contributed by atoms with van der Waals surface area (Å²) in [5.74, 6) is -2.79. The van der Waals surface area contributed by atoms with Crippen LogP contribution in [0.25, 0.3) is 0 Å². The monoisotopic (exact) mass is 361 g/mol. The molecule has 25 heavy (non-hydrogen) atoms. The third kappa shape index (κ3) is 4.65. The van der Waals surface area contributed by atoms with Crippen molar-refractivity contribution in [3.8, 4) is 0 Å². The first kappa shape index (κ1) is 18.2. The van der Waals surface area contributed by atoms with Gasteiger partial charge in [0.2, 0.25) is 5.91 Å². The van der Waals surface area contributed by atoms with E-state index in [0.29, 0.717) is 5.69 Å². The molecule has 0 saturated carbocycles. The van der Waals surface area contributed by atoms with Crippen molar-refractivity contribution in [2.45, 2.75) is 0 Å². The van der Waals surface area contributed by atoms with Crippen molar-refractivity contribution in [3.63, 3.8) is 0 Å². The molecule has 2 aromatic carbocycles. The standard InChI is InChI=1S/C17H13ClFN3O3/c1-2-14(23)20-11-6-3-5-10(9-11)16(24)21-22-17(25)15-12(18)7-4-8-13(15)19/h2-9H,1H2,(H,20,23)(H,21,24)(H,22,25). The van der Waals surface area contributed by atoms with Gasteiger partial charge in [0.05, 0.1) is 10.6 Å². The van der Waals surface area contributed by atoms with Crippen molar-refractivity contribution in [3.05, 3.63) is 77.1 Å². The fourth-order valence-corrected chi connectivity index (χ4v) is 2.14. The molecule has 2 rings (SSSR count). The van der Waals surface area contributed by atoms with E-state index in [1.165, 1.54) is 24.3 Å². The van der Waals surface area contributed by atoms with E-state index in [2.05, 4.69) is 22.7 Å². The van der Waals surface area contributed by atoms with E-state index >= 15 is 0 Å². The molecule has 2 aromatic rings. The number of halogens is 2. The topological polar surface area (TPSA) is 87.3 Å². The van der Waals surface area contributed by atoms with Gasteiger partial charge >= 0.3 is 0 Å². The lowest BCUT2D eigenvalue weighted by Gasteiger charge is -2.10. The Hall–Kier alpha value is -3.19. The van der Waals surface area contributed by atoms with E-state index in [4.69, 9.17) is 11.6 Å². The normalized spacial score (nSPS) is 9.84. The van der Waals surface area contributed by atoms with Gasteiger partial charge in [-0.1, -0.05) is 30.3 Å². The lowest BCUT2D eigenvalue weighted by atomic mass is 10.2. The number of rotatable bonds is 4. The fourth-order valence-electron chi connectivity index (χ4n) is 1.89. The van der Waals surface area contributed by atoms with E-state index in [1.54, 1.807) is 12.1 Å². The third-order valence-electron chi connectivity index (χ3n) is 3.06. The van der Waals surface area contributed by atoms with Crippen molar-refractivity contribution < 1.29 is 18.8 Å². The minimum atomic E-state index is -0.896. The Kier molecular flexibility index (Phi) is 5.86. The Bertz CT molecular complexity index is 835. The highest BCUT2D eigenvalue weighted by Crippen LogP contribution is 2.18. The molecule has 0 aromatic heterocycles. The number of amides is 3. The van der Waals surface area contributed by atoms with Gasteiger partial charge in [0, 0.05) is 11.3 Å². The van der Waals surface area contributed by atoms with Crippen LogP contribution in [0.4, 0.5) is 10.1 Å². The summed E-state index contributed by atoms with van der Waals surface area (Å²) in [6, 6.07) is 9.79. The van der Waals surface area contributed by atoms with E-state index in [9.17, 15) is 18.8 Å². The molecule has 0 aliphatic heterocycles. The van der Waals surface area contributed by atoms with Crippen LogP contribution in [0.5, 0.6) is 0 Å². The first-order valence-electron chi connectivity index (χ1n) is 7.00. The molecule has 0 bridgehead atoms. The zero-order valence-electron chi connectivity index (χ0n) is 12.8. The molecule has 3 amide bonds. The van der Waals surface area contributed by atoms with E-state index in [-0.39, 0.29) is 16.1 Å². The minimum absolute atomic E-state index is 0.0825. The first-order chi connectivity index (χ1) is 11.9. The summed E-state index contributed by atoms with van der Waals surface area (Å²) >= 11 is 5.78. The van der Waals surface area contributed by atoms with Crippen molar-refractivity contribution in [1.82, 2.24) is 10.9 Å². The van der Waals surface area contributed by atoms with Crippen LogP contribution < -0.4 is 16.2 Å². The predicted octanol–water partition coefficient (Wildman–Crippen LogP) is 2.68. The van der Waals surface area contributed by atoms with Crippen LogP contribution >= 0.6 is 11.6 Å². The van der Waals surface area contributed by atoms with Gasteiger partial charge in [-0.15, -0.1) is 0 Å². The van der Waals surface area contributed by atoms with Crippen LogP contribution in [0.3, 0.4) is 0 Å². The number of benzene rings is 2. The van der Waals surface area contributed by atoms with Gasteiger partial charge < -0.3 is 5.32 Å². The molecule has 0 radical (unpaired) electrons. The van der Waals surface area contributed by atoms with Crippen LogP contribution in [0.2, 0.25) is 5.02 Å². The van der Waals surface area contributed by atoms with Crippen molar-refractivity contribution >= 4 is 35.0 Å². The Labute approximate surface area is 147 Å². The molecule has 8 heteroatoms. The number of nitrogens with one attached hydrogen (secondary N) is 3. The molecule has 3 N–H and O–H groups in total. The van der Waals surface area contributed by atoms with Crippen LogP contribution in [-0.4, -0.2) is 17.7 Å². The van der Waals surface area contributed by atoms with Crippen molar-refractivity contribution in [1.29, 1.82) is 0 Å². The van der Waals surface area contributed by atoms with Gasteiger partial charge in [0.25, 0.3) is 11.8 Å². The Balaban J connectivity index is 2.05. The Morgan fingerprint density at radius 1 is 1.04 bits per heavy atom. The maximum atomic E-state index is 13.6. The molecular formula is C17H13ClFN3O3. The third-order valence-corrected chi connectivity index (χ3v) is 3.37. The highest BCUT2D eigenvalue weighted by molar-refractivity contribution is 6.33. The molecule has 6 nitrogen and oxygen atoms in total. The van der Waals surface area contributed by atoms with Gasteiger partial charge in [-0.25, -0.2) is 4.39 Å². The van der Waals surface area contributed by atoms with Crippen LogP contribution in [0, 0.1) is 5.82 Å². The Morgan fingerprint density at radius 2 is 1.72 bits per heavy atom. The SMILES string of the molecule is C=CC(=O)Nc1cccc(C(=O)NNC(=O)c2c(F)cccc2Cl)c1. The number of carbonyl (C=O) groups is 3. The average Bonchev–Trinajstić information content (AvgIpc) is 2.59. The quantitative estimate of drug-likeness (QED) is 0.578. The smallest absolute Gasteiger partial charge is 0.274 e. The van der Waals surface area contributed by atoms with E-state index in [0.717, 1.165) is 12.1 Å². The number of hydrogen-bond acceptors (Lipinski definition) is 3. The molecular weight excluding hydrogens is 349 g/mol. The van der Waals surface area contributed by atoms with Gasteiger partial charge in [0.1, 0.15) is 5.82 Å². The van der Waals surface area contributed by atoms with Crippen molar-refractivity contribution in [2.75, 3.05) is 5.32 Å². The number of anilines is 1. The fraction of sp³-hybridized carbons (Fsp3) is 0. The minimum Gasteiger partial charge on any atom is -0.323 e. The van der Waals surface area contributed by atoms with E-state index in [1.807, 2.05) is 0 Å². The molecule has 0 fully saturated rings. The van der Waals surface area contributed by atoms with Crippen molar-refractivity contribution in [2.24, 2.45) is 0 Å². The average molecular weight is 362 g/mol. The maximum absolute atomic E-state index is 13.6. The molecule has 0 saturated heterocycles.